The summed E-state index contributed by atoms with van der Waals surface area (Å²) in [5.41, 5.74) is 2.71. The van der Waals surface area contributed by atoms with Crippen LogP contribution < -0.4 is 14.8 Å². The van der Waals surface area contributed by atoms with Gasteiger partial charge >= 0.3 is 0 Å². The highest BCUT2D eigenvalue weighted by Gasteiger charge is 2.14. The van der Waals surface area contributed by atoms with Gasteiger partial charge in [-0.2, -0.15) is 0 Å². The molecule has 2 N–H and O–H groups in total. The Kier molecular flexibility index (Phi) is 6.00. The molecule has 0 unspecified atom stereocenters. The van der Waals surface area contributed by atoms with Crippen LogP contribution in [0, 0.1) is 5.82 Å². The van der Waals surface area contributed by atoms with Crippen molar-refractivity contribution in [1.82, 2.24) is 9.97 Å². The molecular formula is C23H19FN4O3S. The molecule has 3 aromatic carbocycles. The molecule has 0 bridgehead atoms. The number of benzene rings is 3. The van der Waals surface area contributed by atoms with Crippen molar-refractivity contribution in [2.24, 2.45) is 0 Å². The van der Waals surface area contributed by atoms with Gasteiger partial charge < -0.3 is 10.1 Å². The number of hydrogen-bond acceptors (Lipinski definition) is 6. The van der Waals surface area contributed by atoms with E-state index in [0.29, 0.717) is 17.2 Å². The van der Waals surface area contributed by atoms with Crippen molar-refractivity contribution in [3.05, 3.63) is 91.0 Å². The summed E-state index contributed by atoms with van der Waals surface area (Å²) in [6.07, 6.45) is 1.46. The molecule has 162 valence electrons. The van der Waals surface area contributed by atoms with E-state index < -0.39 is 15.8 Å². The van der Waals surface area contributed by atoms with E-state index in [9.17, 15) is 12.8 Å². The van der Waals surface area contributed by atoms with E-state index in [2.05, 4.69) is 20.0 Å². The van der Waals surface area contributed by atoms with Gasteiger partial charge in [0.25, 0.3) is 10.0 Å². The molecule has 1 heterocycles. The molecule has 0 spiro atoms. The van der Waals surface area contributed by atoms with Crippen molar-refractivity contribution in [3.8, 4) is 17.0 Å². The topological polar surface area (TPSA) is 93.2 Å². The molecule has 4 aromatic rings. The zero-order chi connectivity index (χ0) is 22.6. The molecule has 0 atom stereocenters. The molecule has 0 amide bonds. The van der Waals surface area contributed by atoms with E-state index >= 15 is 0 Å². The molecule has 1 aromatic heterocycles. The fourth-order valence-electron chi connectivity index (χ4n) is 2.96. The van der Waals surface area contributed by atoms with Crippen LogP contribution in [0.25, 0.3) is 11.3 Å². The lowest BCUT2D eigenvalue weighted by atomic mass is 10.1. The Balaban J connectivity index is 1.47. The average Bonchev–Trinajstić information content (AvgIpc) is 2.80. The minimum atomic E-state index is -3.89. The van der Waals surface area contributed by atoms with Gasteiger partial charge in [-0.3, -0.25) is 4.72 Å². The molecule has 0 radical (unpaired) electrons. The SMILES string of the molecule is COc1ccc(-c2cc(Nc3ccc(NS(=O)(=O)c4cccc(F)c4)cc3)ncn2)cc1. The third-order valence-corrected chi connectivity index (χ3v) is 5.95. The number of hydrogen-bond donors (Lipinski definition) is 2. The van der Waals surface area contributed by atoms with Crippen LogP contribution in [0.15, 0.2) is 90.1 Å². The molecule has 0 saturated heterocycles. The second kappa shape index (κ2) is 9.03. The molecule has 32 heavy (non-hydrogen) atoms. The quantitative estimate of drug-likeness (QED) is 0.419. The van der Waals surface area contributed by atoms with Crippen molar-refractivity contribution in [2.45, 2.75) is 4.90 Å². The van der Waals surface area contributed by atoms with Crippen LogP contribution in [-0.4, -0.2) is 25.5 Å². The minimum Gasteiger partial charge on any atom is -0.497 e. The van der Waals surface area contributed by atoms with Gasteiger partial charge in [0, 0.05) is 23.0 Å². The number of halogens is 1. The normalized spacial score (nSPS) is 11.1. The van der Waals surface area contributed by atoms with Gasteiger partial charge in [-0.05, 0) is 66.7 Å². The van der Waals surface area contributed by atoms with Gasteiger partial charge in [0.05, 0.1) is 17.7 Å². The molecule has 0 saturated carbocycles. The van der Waals surface area contributed by atoms with Crippen molar-refractivity contribution < 1.29 is 17.5 Å². The van der Waals surface area contributed by atoms with Crippen LogP contribution in [0.3, 0.4) is 0 Å². The summed E-state index contributed by atoms with van der Waals surface area (Å²) in [6, 6.07) is 20.8. The van der Waals surface area contributed by atoms with Crippen molar-refractivity contribution in [2.75, 3.05) is 17.1 Å². The first-order valence-corrected chi connectivity index (χ1v) is 11.0. The van der Waals surface area contributed by atoms with Gasteiger partial charge in [-0.1, -0.05) is 6.07 Å². The minimum absolute atomic E-state index is 0.147. The van der Waals surface area contributed by atoms with E-state index in [-0.39, 0.29) is 4.90 Å². The first-order chi connectivity index (χ1) is 15.4. The Hall–Kier alpha value is -3.98. The van der Waals surface area contributed by atoms with Crippen LogP contribution >= 0.6 is 0 Å². The van der Waals surface area contributed by atoms with Crippen molar-refractivity contribution >= 4 is 27.2 Å². The maximum atomic E-state index is 13.4. The van der Waals surface area contributed by atoms with Gasteiger partial charge in [-0.25, -0.2) is 22.8 Å². The average molecular weight is 450 g/mol. The fourth-order valence-corrected chi connectivity index (χ4v) is 4.05. The highest BCUT2D eigenvalue weighted by molar-refractivity contribution is 7.92. The van der Waals surface area contributed by atoms with E-state index in [1.54, 1.807) is 31.4 Å². The van der Waals surface area contributed by atoms with Crippen LogP contribution in [0.5, 0.6) is 5.75 Å². The second-order valence-electron chi connectivity index (χ2n) is 6.78. The number of ether oxygens (including phenoxy) is 1. The number of rotatable bonds is 7. The predicted molar refractivity (Wildman–Crippen MR) is 121 cm³/mol. The molecule has 0 aliphatic heterocycles. The predicted octanol–water partition coefficient (Wildman–Crippen LogP) is 4.84. The number of nitrogens with zero attached hydrogens (tertiary/aromatic N) is 2. The number of aromatic nitrogens is 2. The standard InChI is InChI=1S/C23H19FN4O3S/c1-31-20-11-5-16(6-12-20)22-14-23(26-15-25-22)27-18-7-9-19(10-8-18)28-32(29,30)21-4-2-3-17(24)13-21/h2-15,28H,1H3,(H,25,26,27). The zero-order valence-corrected chi connectivity index (χ0v) is 17.8. The first-order valence-electron chi connectivity index (χ1n) is 9.55. The highest BCUT2D eigenvalue weighted by Crippen LogP contribution is 2.24. The summed E-state index contributed by atoms with van der Waals surface area (Å²) >= 11 is 0. The van der Waals surface area contributed by atoms with E-state index in [4.69, 9.17) is 4.74 Å². The summed E-state index contributed by atoms with van der Waals surface area (Å²) in [5.74, 6) is 0.722. The Bertz CT molecular complexity index is 1330. The number of nitrogens with one attached hydrogen (secondary N) is 2. The molecule has 0 aliphatic carbocycles. The summed E-state index contributed by atoms with van der Waals surface area (Å²) in [7, 11) is -2.28. The van der Waals surface area contributed by atoms with Crippen molar-refractivity contribution in [1.29, 1.82) is 0 Å². The van der Waals surface area contributed by atoms with Crippen LogP contribution in [0.4, 0.5) is 21.6 Å². The largest absolute Gasteiger partial charge is 0.497 e. The van der Waals surface area contributed by atoms with Crippen molar-refractivity contribution in [3.63, 3.8) is 0 Å². The van der Waals surface area contributed by atoms with E-state index in [1.165, 1.54) is 24.5 Å². The Morgan fingerprint density at radius 1 is 0.875 bits per heavy atom. The lowest BCUT2D eigenvalue weighted by molar-refractivity contribution is 0.415. The van der Waals surface area contributed by atoms with Gasteiger partial charge in [0.2, 0.25) is 0 Å². The number of anilines is 3. The molecular weight excluding hydrogens is 431 g/mol. The molecule has 9 heteroatoms. The highest BCUT2D eigenvalue weighted by atomic mass is 32.2. The smallest absolute Gasteiger partial charge is 0.261 e. The van der Waals surface area contributed by atoms with Crippen LogP contribution in [0.2, 0.25) is 0 Å². The summed E-state index contributed by atoms with van der Waals surface area (Å²) in [4.78, 5) is 8.38. The van der Waals surface area contributed by atoms with Gasteiger partial charge in [0.1, 0.15) is 23.7 Å². The number of sulfonamides is 1. The van der Waals surface area contributed by atoms with Gasteiger partial charge in [0.15, 0.2) is 0 Å². The molecule has 4 rings (SSSR count). The van der Waals surface area contributed by atoms with E-state index in [0.717, 1.165) is 23.1 Å². The lowest BCUT2D eigenvalue weighted by Crippen LogP contribution is -2.13. The Morgan fingerprint density at radius 3 is 2.28 bits per heavy atom. The summed E-state index contributed by atoms with van der Waals surface area (Å²) in [5, 5.41) is 3.16. The maximum Gasteiger partial charge on any atom is 0.261 e. The third-order valence-electron chi connectivity index (χ3n) is 4.57. The number of methoxy groups -OCH3 is 1. The molecule has 7 nitrogen and oxygen atoms in total. The van der Waals surface area contributed by atoms with Crippen LogP contribution in [-0.2, 0) is 10.0 Å². The summed E-state index contributed by atoms with van der Waals surface area (Å²) in [6.45, 7) is 0. The first kappa shape index (κ1) is 21.3. The van der Waals surface area contributed by atoms with E-state index in [1.807, 2.05) is 30.3 Å². The fraction of sp³-hybridized carbons (Fsp3) is 0.0435. The monoisotopic (exact) mass is 450 g/mol. The molecule has 0 fully saturated rings. The van der Waals surface area contributed by atoms with Crippen LogP contribution in [0.1, 0.15) is 0 Å². The van der Waals surface area contributed by atoms with Gasteiger partial charge in [-0.15, -0.1) is 0 Å². The Morgan fingerprint density at radius 2 is 1.59 bits per heavy atom. The Labute approximate surface area is 185 Å². The third kappa shape index (κ3) is 5.01. The lowest BCUT2D eigenvalue weighted by Gasteiger charge is -2.10. The molecule has 0 aliphatic rings. The maximum absolute atomic E-state index is 13.4. The second-order valence-corrected chi connectivity index (χ2v) is 8.46. The summed E-state index contributed by atoms with van der Waals surface area (Å²) < 4.78 is 45.8. The zero-order valence-electron chi connectivity index (χ0n) is 17.0.